The molecule has 0 radical (unpaired) electrons. The van der Waals surface area contributed by atoms with Crippen LogP contribution in [0.2, 0.25) is 0 Å². The summed E-state index contributed by atoms with van der Waals surface area (Å²) in [5.41, 5.74) is 8.87. The number of non-ortho nitro benzene ring substituents is 1. The maximum Gasteiger partial charge on any atom is 0.293 e. The number of hydrogen-bond donors (Lipinski definition) is 2. The number of aromatic nitrogens is 5. The molecule has 1 aromatic carbocycles. The van der Waals surface area contributed by atoms with E-state index in [1.165, 1.54) is 29.1 Å². The molecule has 0 saturated heterocycles. The number of nitrogens with two attached hydrogens (primary N) is 1. The lowest BCUT2D eigenvalue weighted by molar-refractivity contribution is -0.384. The van der Waals surface area contributed by atoms with Gasteiger partial charge in [-0.25, -0.2) is 10.1 Å². The van der Waals surface area contributed by atoms with Crippen LogP contribution in [-0.4, -0.2) is 42.4 Å². The maximum absolute atomic E-state index is 12.4. The molecule has 2 heterocycles. The molecule has 0 saturated carbocycles. The first-order valence-corrected chi connectivity index (χ1v) is 8.12. The molecule has 0 unspecified atom stereocenters. The number of nitro benzene ring substituents is 1. The molecular weight excluding hydrogens is 370 g/mol. The number of nitro groups is 1. The summed E-state index contributed by atoms with van der Waals surface area (Å²) in [6, 6.07) is 5.81. The smallest absolute Gasteiger partial charge is 0.293 e. The highest BCUT2D eigenvalue weighted by Crippen LogP contribution is 2.17. The maximum atomic E-state index is 12.4. The lowest BCUT2D eigenvalue weighted by Gasteiger charge is -2.03. The number of hydrazone groups is 1. The summed E-state index contributed by atoms with van der Waals surface area (Å²) in [6.45, 7) is 1.92. The molecule has 0 spiro atoms. The van der Waals surface area contributed by atoms with Crippen LogP contribution in [0.5, 0.6) is 0 Å². The van der Waals surface area contributed by atoms with Gasteiger partial charge in [0.25, 0.3) is 11.6 Å². The Bertz CT molecular complexity index is 1040. The Morgan fingerprint density at radius 2 is 2.29 bits per heavy atom. The molecule has 2 aromatic heterocycles. The molecule has 13 heteroatoms. The summed E-state index contributed by atoms with van der Waals surface area (Å²) in [6.07, 6.45) is 2.46. The highest BCUT2D eigenvalue weighted by atomic mass is 16.6. The molecule has 0 bridgehead atoms. The minimum atomic E-state index is -0.605. The topological polar surface area (TPSA) is 180 Å². The summed E-state index contributed by atoms with van der Waals surface area (Å²) in [4.78, 5) is 22.7. The quantitative estimate of drug-likeness (QED) is 0.338. The van der Waals surface area contributed by atoms with Crippen LogP contribution in [0.25, 0.3) is 5.82 Å². The number of nitrogen functional groups attached to an aromatic ring is 1. The average molecular weight is 385 g/mol. The highest BCUT2D eigenvalue weighted by Gasteiger charge is 2.23. The first-order valence-electron chi connectivity index (χ1n) is 8.12. The SMILES string of the molecule is CCCc1c(C(=O)NN=Cc2cccc([N+](=O)[O-])c2)nnn1-c1nonc1N. The lowest BCUT2D eigenvalue weighted by Crippen LogP contribution is -2.20. The largest absolute Gasteiger partial charge is 0.378 e. The van der Waals surface area contributed by atoms with E-state index in [-0.39, 0.29) is 23.0 Å². The van der Waals surface area contributed by atoms with Gasteiger partial charge in [-0.2, -0.15) is 9.78 Å². The fourth-order valence-corrected chi connectivity index (χ4v) is 2.38. The predicted octanol–water partition coefficient (Wildman–Crippen LogP) is 0.857. The van der Waals surface area contributed by atoms with Crippen molar-refractivity contribution in [1.82, 2.24) is 30.7 Å². The van der Waals surface area contributed by atoms with Gasteiger partial charge < -0.3 is 5.73 Å². The second kappa shape index (κ2) is 8.03. The molecule has 0 aliphatic heterocycles. The average Bonchev–Trinajstić information content (AvgIpc) is 3.28. The van der Waals surface area contributed by atoms with Crippen LogP contribution >= 0.6 is 0 Å². The summed E-state index contributed by atoms with van der Waals surface area (Å²) in [5.74, 6) is -0.459. The molecule has 144 valence electrons. The Morgan fingerprint density at radius 1 is 1.46 bits per heavy atom. The third-order valence-corrected chi connectivity index (χ3v) is 3.62. The number of rotatable bonds is 7. The molecule has 3 N–H and O–H groups in total. The van der Waals surface area contributed by atoms with Crippen molar-refractivity contribution in [3.05, 3.63) is 51.3 Å². The van der Waals surface area contributed by atoms with E-state index in [9.17, 15) is 14.9 Å². The molecule has 0 aliphatic rings. The highest BCUT2D eigenvalue weighted by molar-refractivity contribution is 5.94. The zero-order chi connectivity index (χ0) is 20.1. The molecule has 1 amide bonds. The lowest BCUT2D eigenvalue weighted by atomic mass is 10.2. The summed E-state index contributed by atoms with van der Waals surface area (Å²) >= 11 is 0. The van der Waals surface area contributed by atoms with Crippen molar-refractivity contribution in [2.24, 2.45) is 5.10 Å². The molecule has 0 atom stereocenters. The van der Waals surface area contributed by atoms with Crippen molar-refractivity contribution in [3.63, 3.8) is 0 Å². The third-order valence-electron chi connectivity index (χ3n) is 3.62. The van der Waals surface area contributed by atoms with Gasteiger partial charge in [-0.1, -0.05) is 30.7 Å². The fraction of sp³-hybridized carbons (Fsp3) is 0.200. The van der Waals surface area contributed by atoms with Crippen molar-refractivity contribution in [2.75, 3.05) is 5.73 Å². The van der Waals surface area contributed by atoms with Crippen molar-refractivity contribution < 1.29 is 14.3 Å². The Hall–Kier alpha value is -4.16. The normalized spacial score (nSPS) is 11.0. The van der Waals surface area contributed by atoms with Gasteiger partial charge in [0, 0.05) is 17.7 Å². The predicted molar refractivity (Wildman–Crippen MR) is 95.8 cm³/mol. The van der Waals surface area contributed by atoms with Crippen molar-refractivity contribution >= 4 is 23.6 Å². The van der Waals surface area contributed by atoms with E-state index in [4.69, 9.17) is 5.73 Å². The van der Waals surface area contributed by atoms with Crippen LogP contribution in [0.3, 0.4) is 0 Å². The minimum Gasteiger partial charge on any atom is -0.378 e. The number of anilines is 1. The molecule has 0 fully saturated rings. The Labute approximate surface area is 157 Å². The number of carbonyl (C=O) groups is 1. The van der Waals surface area contributed by atoms with Crippen LogP contribution in [0.4, 0.5) is 11.5 Å². The molecule has 0 aliphatic carbocycles. The molecular formula is C15H15N9O4. The number of benzene rings is 1. The summed E-state index contributed by atoms with van der Waals surface area (Å²) < 4.78 is 5.84. The Morgan fingerprint density at radius 3 is 2.96 bits per heavy atom. The first kappa shape index (κ1) is 18.6. The number of amides is 1. The van der Waals surface area contributed by atoms with E-state index >= 15 is 0 Å². The Kier molecular flexibility index (Phi) is 5.34. The molecule has 28 heavy (non-hydrogen) atoms. The van der Waals surface area contributed by atoms with Crippen LogP contribution in [0.15, 0.2) is 34.0 Å². The van der Waals surface area contributed by atoms with E-state index in [0.29, 0.717) is 24.1 Å². The van der Waals surface area contributed by atoms with E-state index in [2.05, 4.69) is 35.8 Å². The van der Waals surface area contributed by atoms with Gasteiger partial charge in [0.15, 0.2) is 5.69 Å². The van der Waals surface area contributed by atoms with E-state index in [1.54, 1.807) is 6.07 Å². The fourth-order valence-electron chi connectivity index (χ4n) is 2.38. The second-order valence-corrected chi connectivity index (χ2v) is 5.57. The van der Waals surface area contributed by atoms with Crippen LogP contribution < -0.4 is 11.2 Å². The third kappa shape index (κ3) is 3.82. The number of nitrogens with zero attached hydrogens (tertiary/aromatic N) is 7. The Balaban J connectivity index is 1.79. The van der Waals surface area contributed by atoms with Crippen LogP contribution in [-0.2, 0) is 6.42 Å². The van der Waals surface area contributed by atoms with Gasteiger partial charge >= 0.3 is 0 Å². The number of carbonyl (C=O) groups excluding carboxylic acids is 1. The van der Waals surface area contributed by atoms with Gasteiger partial charge in [-0.3, -0.25) is 14.9 Å². The summed E-state index contributed by atoms with van der Waals surface area (Å²) in [5, 5.41) is 29.5. The molecule has 3 aromatic rings. The van der Waals surface area contributed by atoms with Crippen molar-refractivity contribution in [3.8, 4) is 5.82 Å². The van der Waals surface area contributed by atoms with Gasteiger partial charge in [-0.15, -0.1) is 5.10 Å². The van der Waals surface area contributed by atoms with E-state index in [0.717, 1.165) is 0 Å². The monoisotopic (exact) mass is 385 g/mol. The van der Waals surface area contributed by atoms with Gasteiger partial charge in [-0.05, 0) is 16.7 Å². The second-order valence-electron chi connectivity index (χ2n) is 5.57. The van der Waals surface area contributed by atoms with Gasteiger partial charge in [0.2, 0.25) is 11.6 Å². The first-order chi connectivity index (χ1) is 13.5. The zero-order valence-electron chi connectivity index (χ0n) is 14.6. The zero-order valence-corrected chi connectivity index (χ0v) is 14.6. The molecule has 13 nitrogen and oxygen atoms in total. The van der Waals surface area contributed by atoms with E-state index in [1.807, 2.05) is 6.92 Å². The van der Waals surface area contributed by atoms with Gasteiger partial charge in [0.1, 0.15) is 0 Å². The number of nitrogens with one attached hydrogen (secondary N) is 1. The van der Waals surface area contributed by atoms with Gasteiger partial charge in [0.05, 0.1) is 16.8 Å². The molecule has 3 rings (SSSR count). The minimum absolute atomic E-state index is 0.0119. The standard InChI is InChI=1S/C15H15N9O4/c1-2-4-11-12(18-22-23(11)14-13(16)20-28-21-14)15(25)19-17-8-9-5-3-6-10(7-9)24(26)27/h3,5-8H,2,4H2,1H3,(H2,16,20)(H,19,25). The van der Waals surface area contributed by atoms with Crippen molar-refractivity contribution in [2.45, 2.75) is 19.8 Å². The van der Waals surface area contributed by atoms with Crippen LogP contribution in [0.1, 0.15) is 35.1 Å². The summed E-state index contributed by atoms with van der Waals surface area (Å²) in [7, 11) is 0. The number of hydrogen-bond acceptors (Lipinski definition) is 10. The van der Waals surface area contributed by atoms with E-state index < -0.39 is 10.8 Å². The van der Waals surface area contributed by atoms with Crippen LogP contribution in [0, 0.1) is 10.1 Å². The van der Waals surface area contributed by atoms with Crippen molar-refractivity contribution in [1.29, 1.82) is 0 Å².